The van der Waals surface area contributed by atoms with E-state index in [1.807, 2.05) is 44.2 Å². The molecule has 0 aliphatic carbocycles. The van der Waals surface area contributed by atoms with Crippen molar-refractivity contribution in [1.29, 1.82) is 0 Å². The number of amides is 2. The summed E-state index contributed by atoms with van der Waals surface area (Å²) in [6.45, 7) is 2.87. The molecule has 0 aliphatic rings. The number of methoxy groups -OCH3 is 1. The maximum Gasteiger partial charge on any atom is 0.244 e. The highest BCUT2D eigenvalue weighted by molar-refractivity contribution is 7.92. The molecular weight excluding hydrogens is 569 g/mol. The molecule has 0 fully saturated rings. The quantitative estimate of drug-likeness (QED) is 0.303. The standard InChI is InChI=1S/C30H35ClFN3O5S/c1-5-21(2)33-30(37)27(17-22-11-7-6-8-12-22)34(19-23-13-9-10-14-26(23)32)29(36)20-35(41(4,38)39)24-15-16-28(40-3)25(31)18-24/h6-16,18,21,27H,5,17,19-20H2,1-4H3,(H,33,37)/t21-,27+/m0/s1. The molecule has 3 rings (SSSR count). The third kappa shape index (κ3) is 8.68. The summed E-state index contributed by atoms with van der Waals surface area (Å²) < 4.78 is 46.7. The first-order chi connectivity index (χ1) is 19.4. The van der Waals surface area contributed by atoms with Crippen LogP contribution in [0.25, 0.3) is 0 Å². The second-order valence-electron chi connectivity index (χ2n) is 9.72. The lowest BCUT2D eigenvalue weighted by molar-refractivity contribution is -0.140. The van der Waals surface area contributed by atoms with Gasteiger partial charge >= 0.3 is 0 Å². The average molecular weight is 604 g/mol. The van der Waals surface area contributed by atoms with E-state index in [4.69, 9.17) is 16.3 Å². The number of anilines is 1. The Morgan fingerprint density at radius 2 is 1.71 bits per heavy atom. The molecule has 220 valence electrons. The van der Waals surface area contributed by atoms with Crippen molar-refractivity contribution in [2.75, 3.05) is 24.2 Å². The van der Waals surface area contributed by atoms with Gasteiger partial charge in [-0.1, -0.05) is 67.1 Å². The van der Waals surface area contributed by atoms with Crippen LogP contribution in [0.4, 0.5) is 10.1 Å². The number of nitrogens with zero attached hydrogens (tertiary/aromatic N) is 2. The molecule has 0 radical (unpaired) electrons. The predicted molar refractivity (Wildman–Crippen MR) is 159 cm³/mol. The van der Waals surface area contributed by atoms with Crippen LogP contribution in [0.3, 0.4) is 0 Å². The summed E-state index contributed by atoms with van der Waals surface area (Å²) in [5.41, 5.74) is 1.11. The highest BCUT2D eigenvalue weighted by Gasteiger charge is 2.34. The molecule has 3 aromatic rings. The van der Waals surface area contributed by atoms with Crippen molar-refractivity contribution in [2.45, 2.75) is 45.3 Å². The van der Waals surface area contributed by atoms with Gasteiger partial charge in [0.15, 0.2) is 0 Å². The van der Waals surface area contributed by atoms with Crippen molar-refractivity contribution in [1.82, 2.24) is 10.2 Å². The van der Waals surface area contributed by atoms with Crippen molar-refractivity contribution in [3.8, 4) is 5.75 Å². The Morgan fingerprint density at radius 1 is 1.05 bits per heavy atom. The molecule has 0 spiro atoms. The van der Waals surface area contributed by atoms with Gasteiger partial charge in [0.05, 0.1) is 24.1 Å². The number of benzene rings is 3. The van der Waals surface area contributed by atoms with E-state index in [9.17, 15) is 22.4 Å². The van der Waals surface area contributed by atoms with Gasteiger partial charge in [0.1, 0.15) is 24.2 Å². The molecule has 8 nitrogen and oxygen atoms in total. The van der Waals surface area contributed by atoms with Crippen molar-refractivity contribution < 1.29 is 27.1 Å². The van der Waals surface area contributed by atoms with Crippen molar-refractivity contribution in [3.63, 3.8) is 0 Å². The van der Waals surface area contributed by atoms with E-state index in [-0.39, 0.29) is 35.3 Å². The van der Waals surface area contributed by atoms with Gasteiger partial charge in [0.2, 0.25) is 21.8 Å². The average Bonchev–Trinajstić information content (AvgIpc) is 2.94. The molecule has 11 heteroatoms. The monoisotopic (exact) mass is 603 g/mol. The first-order valence-corrected chi connectivity index (χ1v) is 15.4. The zero-order valence-corrected chi connectivity index (χ0v) is 25.1. The van der Waals surface area contributed by atoms with Crippen molar-refractivity contribution in [3.05, 3.63) is 94.8 Å². The van der Waals surface area contributed by atoms with Crippen LogP contribution in [-0.4, -0.2) is 57.1 Å². The van der Waals surface area contributed by atoms with Gasteiger partial charge < -0.3 is 15.0 Å². The minimum atomic E-state index is -3.98. The molecule has 0 bridgehead atoms. The molecule has 0 aliphatic heterocycles. The molecular formula is C30H35ClFN3O5S. The minimum absolute atomic E-state index is 0.135. The summed E-state index contributed by atoms with van der Waals surface area (Å²) in [5, 5.41) is 3.09. The molecule has 0 saturated heterocycles. The maximum absolute atomic E-state index is 14.8. The van der Waals surface area contributed by atoms with E-state index >= 15 is 0 Å². The molecule has 41 heavy (non-hydrogen) atoms. The summed E-state index contributed by atoms with van der Waals surface area (Å²) in [6, 6.07) is 18.2. The smallest absolute Gasteiger partial charge is 0.244 e. The van der Waals surface area contributed by atoms with Gasteiger partial charge in [-0.15, -0.1) is 0 Å². The Morgan fingerprint density at radius 3 is 2.29 bits per heavy atom. The molecule has 3 aromatic carbocycles. The normalized spacial score (nSPS) is 12.7. The van der Waals surface area contributed by atoms with Gasteiger partial charge in [0, 0.05) is 24.6 Å². The fourth-order valence-corrected chi connectivity index (χ4v) is 5.32. The third-order valence-corrected chi connectivity index (χ3v) is 8.11. The number of hydrogen-bond acceptors (Lipinski definition) is 5. The fraction of sp³-hybridized carbons (Fsp3) is 0.333. The van der Waals surface area contributed by atoms with Gasteiger partial charge in [-0.05, 0) is 43.2 Å². The van der Waals surface area contributed by atoms with E-state index < -0.39 is 40.2 Å². The largest absolute Gasteiger partial charge is 0.495 e. The summed E-state index contributed by atoms with van der Waals surface area (Å²) in [5.74, 6) is -1.33. The molecule has 0 aromatic heterocycles. The maximum atomic E-state index is 14.8. The fourth-order valence-electron chi connectivity index (χ4n) is 4.23. The number of halogens is 2. The summed E-state index contributed by atoms with van der Waals surface area (Å²) in [6.07, 6.45) is 1.76. The number of sulfonamides is 1. The number of carbonyl (C=O) groups excluding carboxylic acids is 2. The predicted octanol–water partition coefficient (Wildman–Crippen LogP) is 4.81. The van der Waals surface area contributed by atoms with Crippen LogP contribution < -0.4 is 14.4 Å². The Labute approximate surface area is 246 Å². The topological polar surface area (TPSA) is 96.0 Å². The molecule has 0 heterocycles. The van der Waals surface area contributed by atoms with Crippen LogP contribution in [0.5, 0.6) is 5.75 Å². The molecule has 0 unspecified atom stereocenters. The Kier molecular flexibility index (Phi) is 11.1. The second-order valence-corrected chi connectivity index (χ2v) is 12.0. The van der Waals surface area contributed by atoms with E-state index in [2.05, 4.69) is 5.32 Å². The Balaban J connectivity index is 2.08. The molecule has 2 amide bonds. The summed E-state index contributed by atoms with van der Waals surface area (Å²) in [4.78, 5) is 28.9. The number of carbonyl (C=O) groups is 2. The lowest BCUT2D eigenvalue weighted by Gasteiger charge is -2.34. The van der Waals surface area contributed by atoms with Gasteiger partial charge in [0.25, 0.3) is 0 Å². The van der Waals surface area contributed by atoms with Gasteiger partial charge in [-0.3, -0.25) is 13.9 Å². The van der Waals surface area contributed by atoms with E-state index in [1.54, 1.807) is 6.07 Å². The lowest BCUT2D eigenvalue weighted by atomic mass is 10.0. The minimum Gasteiger partial charge on any atom is -0.495 e. The lowest BCUT2D eigenvalue weighted by Crippen LogP contribution is -2.54. The van der Waals surface area contributed by atoms with Crippen LogP contribution in [0.1, 0.15) is 31.4 Å². The number of nitrogens with one attached hydrogen (secondary N) is 1. The third-order valence-electron chi connectivity index (χ3n) is 6.67. The molecule has 2 atom stereocenters. The molecule has 1 N–H and O–H groups in total. The highest BCUT2D eigenvalue weighted by Crippen LogP contribution is 2.30. The van der Waals surface area contributed by atoms with E-state index in [0.29, 0.717) is 12.2 Å². The van der Waals surface area contributed by atoms with Crippen LogP contribution >= 0.6 is 11.6 Å². The van der Waals surface area contributed by atoms with Crippen LogP contribution in [0.15, 0.2) is 72.8 Å². The zero-order valence-electron chi connectivity index (χ0n) is 23.5. The zero-order chi connectivity index (χ0) is 30.2. The first kappa shape index (κ1) is 31.9. The van der Waals surface area contributed by atoms with Gasteiger partial charge in [-0.25, -0.2) is 12.8 Å². The van der Waals surface area contributed by atoms with Crippen LogP contribution in [0.2, 0.25) is 5.02 Å². The van der Waals surface area contributed by atoms with Crippen molar-refractivity contribution >= 4 is 39.1 Å². The summed E-state index contributed by atoms with van der Waals surface area (Å²) in [7, 11) is -2.55. The highest BCUT2D eigenvalue weighted by atomic mass is 35.5. The van der Waals surface area contributed by atoms with Gasteiger partial charge in [-0.2, -0.15) is 0 Å². The number of ether oxygens (including phenoxy) is 1. The first-order valence-electron chi connectivity index (χ1n) is 13.1. The van der Waals surface area contributed by atoms with Crippen LogP contribution in [0, 0.1) is 5.82 Å². The van der Waals surface area contributed by atoms with E-state index in [1.165, 1.54) is 48.4 Å². The van der Waals surface area contributed by atoms with Crippen molar-refractivity contribution in [2.24, 2.45) is 0 Å². The van der Waals surface area contributed by atoms with Crippen LogP contribution in [-0.2, 0) is 32.6 Å². The Hall–Kier alpha value is -3.63. The summed E-state index contributed by atoms with van der Waals surface area (Å²) >= 11 is 6.26. The SMILES string of the molecule is CC[C@H](C)NC(=O)[C@@H](Cc1ccccc1)N(Cc1ccccc1F)C(=O)CN(c1ccc(OC)c(Cl)c1)S(C)(=O)=O. The Bertz CT molecular complexity index is 1460. The number of rotatable bonds is 13. The second kappa shape index (κ2) is 14.3. The molecule has 0 saturated carbocycles. The number of hydrogen-bond donors (Lipinski definition) is 1. The van der Waals surface area contributed by atoms with E-state index in [0.717, 1.165) is 16.1 Å².